The molecule has 4 heteroatoms. The predicted octanol–water partition coefficient (Wildman–Crippen LogP) is 1.29. The van der Waals surface area contributed by atoms with E-state index in [-0.39, 0.29) is 18.4 Å². The number of methoxy groups -OCH3 is 1. The van der Waals surface area contributed by atoms with Gasteiger partial charge in [-0.2, -0.15) is 0 Å². The Morgan fingerprint density at radius 3 is 2.94 bits per heavy atom. The van der Waals surface area contributed by atoms with Crippen molar-refractivity contribution >= 4 is 5.91 Å². The molecule has 1 aromatic rings. The number of hydrogen-bond donors (Lipinski definition) is 1. The van der Waals surface area contributed by atoms with Gasteiger partial charge in [-0.15, -0.1) is 0 Å². The van der Waals surface area contributed by atoms with Crippen LogP contribution in [0.1, 0.15) is 22.3 Å². The number of ether oxygens (including phenoxy) is 1. The molecule has 0 spiro atoms. The molecule has 0 bridgehead atoms. The van der Waals surface area contributed by atoms with Gasteiger partial charge in [0.15, 0.2) is 0 Å². The average molecular weight is 249 g/mol. The number of aliphatic hydroxyl groups is 1. The van der Waals surface area contributed by atoms with E-state index >= 15 is 0 Å². The maximum absolute atomic E-state index is 12.4. The lowest BCUT2D eigenvalue weighted by Crippen LogP contribution is -2.30. The monoisotopic (exact) mass is 249 g/mol. The van der Waals surface area contributed by atoms with Crippen LogP contribution in [0.5, 0.6) is 0 Å². The fourth-order valence-corrected chi connectivity index (χ4v) is 2.35. The maximum atomic E-state index is 12.4. The Balaban J connectivity index is 2.14. The normalized spacial score (nSPS) is 19.2. The van der Waals surface area contributed by atoms with Gasteiger partial charge in [-0.3, -0.25) is 4.79 Å². The molecule has 18 heavy (non-hydrogen) atoms. The highest BCUT2D eigenvalue weighted by atomic mass is 16.5. The summed E-state index contributed by atoms with van der Waals surface area (Å²) >= 11 is 0. The van der Waals surface area contributed by atoms with Crippen LogP contribution in [0.25, 0.3) is 0 Å². The summed E-state index contributed by atoms with van der Waals surface area (Å²) in [7, 11) is 1.62. The van der Waals surface area contributed by atoms with E-state index in [1.54, 1.807) is 7.11 Å². The third-order valence-corrected chi connectivity index (χ3v) is 3.38. The van der Waals surface area contributed by atoms with Gasteiger partial charge in [-0.25, -0.2) is 0 Å². The van der Waals surface area contributed by atoms with Crippen LogP contribution in [0.2, 0.25) is 0 Å². The molecule has 0 radical (unpaired) electrons. The van der Waals surface area contributed by atoms with Gasteiger partial charge < -0.3 is 14.7 Å². The first-order valence-electron chi connectivity index (χ1n) is 6.23. The third kappa shape index (κ3) is 2.71. The summed E-state index contributed by atoms with van der Waals surface area (Å²) in [6.07, 6.45) is 0.884. The van der Waals surface area contributed by atoms with Crippen molar-refractivity contribution in [2.45, 2.75) is 13.0 Å². The van der Waals surface area contributed by atoms with Crippen molar-refractivity contribution in [3.05, 3.63) is 35.4 Å². The van der Waals surface area contributed by atoms with E-state index in [1.165, 1.54) is 0 Å². The summed E-state index contributed by atoms with van der Waals surface area (Å²) in [5.41, 5.74) is 1.62. The van der Waals surface area contributed by atoms with Gasteiger partial charge >= 0.3 is 0 Å². The molecule has 1 atom stereocenters. The molecular weight excluding hydrogens is 230 g/mol. The molecular formula is C14H19NO3. The minimum Gasteiger partial charge on any atom is -0.396 e. The maximum Gasteiger partial charge on any atom is 0.254 e. The van der Waals surface area contributed by atoms with Gasteiger partial charge in [0, 0.05) is 38.3 Å². The zero-order valence-corrected chi connectivity index (χ0v) is 10.6. The van der Waals surface area contributed by atoms with Gasteiger partial charge in [-0.1, -0.05) is 18.2 Å². The number of benzene rings is 1. The Hall–Kier alpha value is -1.39. The molecule has 1 aliphatic heterocycles. The zero-order chi connectivity index (χ0) is 13.0. The first-order valence-corrected chi connectivity index (χ1v) is 6.23. The topological polar surface area (TPSA) is 49.8 Å². The largest absolute Gasteiger partial charge is 0.396 e. The van der Waals surface area contributed by atoms with Crippen LogP contribution in [0, 0.1) is 5.92 Å². The van der Waals surface area contributed by atoms with Gasteiger partial charge in [0.05, 0.1) is 6.61 Å². The van der Waals surface area contributed by atoms with E-state index in [4.69, 9.17) is 9.84 Å². The van der Waals surface area contributed by atoms with E-state index in [9.17, 15) is 4.79 Å². The van der Waals surface area contributed by atoms with Crippen molar-refractivity contribution in [1.29, 1.82) is 0 Å². The fraction of sp³-hybridized carbons (Fsp3) is 0.500. The molecule has 2 rings (SSSR count). The van der Waals surface area contributed by atoms with Crippen molar-refractivity contribution in [2.75, 3.05) is 26.8 Å². The number of carbonyl (C=O) groups excluding carboxylic acids is 1. The lowest BCUT2D eigenvalue weighted by atomic mass is 10.1. The molecule has 1 amide bonds. The van der Waals surface area contributed by atoms with Crippen LogP contribution in [-0.4, -0.2) is 42.7 Å². The second-order valence-corrected chi connectivity index (χ2v) is 4.68. The number of amides is 1. The molecule has 1 heterocycles. The predicted molar refractivity (Wildman–Crippen MR) is 68.3 cm³/mol. The van der Waals surface area contributed by atoms with Gasteiger partial charge in [0.25, 0.3) is 5.91 Å². The number of hydrogen-bond acceptors (Lipinski definition) is 3. The summed E-state index contributed by atoms with van der Waals surface area (Å²) in [6, 6.07) is 7.52. The SMILES string of the molecule is COCc1ccccc1C(=O)N1CCC(CO)C1. The summed E-state index contributed by atoms with van der Waals surface area (Å²) in [4.78, 5) is 14.2. The van der Waals surface area contributed by atoms with E-state index in [0.717, 1.165) is 18.5 Å². The Kier molecular flexibility index (Phi) is 4.33. The molecule has 0 aromatic heterocycles. The molecule has 0 saturated carbocycles. The molecule has 98 valence electrons. The van der Waals surface area contributed by atoms with Crippen molar-refractivity contribution in [2.24, 2.45) is 5.92 Å². The average Bonchev–Trinajstić information content (AvgIpc) is 2.88. The molecule has 1 N–H and O–H groups in total. The smallest absolute Gasteiger partial charge is 0.254 e. The van der Waals surface area contributed by atoms with E-state index < -0.39 is 0 Å². The third-order valence-electron chi connectivity index (χ3n) is 3.38. The van der Waals surface area contributed by atoms with E-state index in [0.29, 0.717) is 18.7 Å². The van der Waals surface area contributed by atoms with Crippen LogP contribution in [0.4, 0.5) is 0 Å². The minimum absolute atomic E-state index is 0.0404. The quantitative estimate of drug-likeness (QED) is 0.874. The number of carbonyl (C=O) groups is 1. The molecule has 1 fully saturated rings. The van der Waals surface area contributed by atoms with Crippen molar-refractivity contribution in [1.82, 2.24) is 4.90 Å². The molecule has 4 nitrogen and oxygen atoms in total. The molecule has 1 aromatic carbocycles. The summed E-state index contributed by atoms with van der Waals surface area (Å²) in [5.74, 6) is 0.266. The Bertz CT molecular complexity index is 419. The Labute approximate surface area is 107 Å². The summed E-state index contributed by atoms with van der Waals surface area (Å²) in [5, 5.41) is 9.12. The zero-order valence-electron chi connectivity index (χ0n) is 10.6. The van der Waals surface area contributed by atoms with Crippen LogP contribution >= 0.6 is 0 Å². The van der Waals surface area contributed by atoms with Crippen molar-refractivity contribution in [3.63, 3.8) is 0 Å². The highest BCUT2D eigenvalue weighted by Gasteiger charge is 2.27. The summed E-state index contributed by atoms with van der Waals surface area (Å²) < 4.78 is 5.11. The fourth-order valence-electron chi connectivity index (χ4n) is 2.35. The first kappa shape index (κ1) is 13.1. The molecule has 1 aliphatic rings. The van der Waals surface area contributed by atoms with Crippen LogP contribution < -0.4 is 0 Å². The Morgan fingerprint density at radius 2 is 2.28 bits per heavy atom. The van der Waals surface area contributed by atoms with Crippen molar-refractivity contribution in [3.8, 4) is 0 Å². The number of aliphatic hydroxyl groups excluding tert-OH is 1. The van der Waals surface area contributed by atoms with Gasteiger partial charge in [-0.05, 0) is 18.1 Å². The molecule has 1 saturated heterocycles. The minimum atomic E-state index is 0.0404. The lowest BCUT2D eigenvalue weighted by molar-refractivity contribution is 0.0777. The van der Waals surface area contributed by atoms with Crippen molar-refractivity contribution < 1.29 is 14.6 Å². The summed E-state index contributed by atoms with van der Waals surface area (Å²) in [6.45, 7) is 1.98. The van der Waals surface area contributed by atoms with Gasteiger partial charge in [0.1, 0.15) is 0 Å². The first-order chi connectivity index (χ1) is 8.76. The molecule has 1 unspecified atom stereocenters. The van der Waals surface area contributed by atoms with Gasteiger partial charge in [0.2, 0.25) is 0 Å². The van der Waals surface area contributed by atoms with Crippen LogP contribution in [0.3, 0.4) is 0 Å². The number of rotatable bonds is 4. The standard InChI is InChI=1S/C14H19NO3/c1-18-10-12-4-2-3-5-13(12)14(17)15-7-6-11(8-15)9-16/h2-5,11,16H,6-10H2,1H3. The Morgan fingerprint density at radius 1 is 1.50 bits per heavy atom. The number of nitrogens with zero attached hydrogens (tertiary/aromatic N) is 1. The van der Waals surface area contributed by atoms with Crippen LogP contribution in [-0.2, 0) is 11.3 Å². The van der Waals surface area contributed by atoms with E-state index in [1.807, 2.05) is 29.2 Å². The highest BCUT2D eigenvalue weighted by Crippen LogP contribution is 2.20. The lowest BCUT2D eigenvalue weighted by Gasteiger charge is -2.18. The second-order valence-electron chi connectivity index (χ2n) is 4.68. The highest BCUT2D eigenvalue weighted by molar-refractivity contribution is 5.95. The number of likely N-dealkylation sites (tertiary alicyclic amines) is 1. The van der Waals surface area contributed by atoms with E-state index in [2.05, 4.69) is 0 Å². The molecule has 0 aliphatic carbocycles. The van der Waals surface area contributed by atoms with Crippen LogP contribution in [0.15, 0.2) is 24.3 Å². The second kappa shape index (κ2) is 5.98.